The molecule has 1 amide bonds. The van der Waals surface area contributed by atoms with Gasteiger partial charge < -0.3 is 9.30 Å². The Morgan fingerprint density at radius 3 is 2.65 bits per heavy atom. The molecule has 0 bridgehead atoms. The lowest BCUT2D eigenvalue weighted by molar-refractivity contribution is -0.114. The number of hydrazone groups is 1. The van der Waals surface area contributed by atoms with Crippen molar-refractivity contribution in [2.24, 2.45) is 10.1 Å². The standard InChI is InChI=1S/C31H27N5O2S2/c1-21-10-5-8-15-27(21)38-17-9-16-35-19-23(24-13-6-7-14-26(24)35)18-25-28(32)36-30(33-29(25)37)40-31(34-36)39-20-22-11-3-2-4-12-22/h2-8,10-15,18-19,32H,9,16-17,20H2,1H3. The van der Waals surface area contributed by atoms with Gasteiger partial charge in [0.05, 0.1) is 12.2 Å². The van der Waals surface area contributed by atoms with E-state index in [0.29, 0.717) is 11.8 Å². The van der Waals surface area contributed by atoms with Crippen LogP contribution >= 0.6 is 23.5 Å². The molecule has 4 aromatic rings. The van der Waals surface area contributed by atoms with Gasteiger partial charge in [-0.05, 0) is 54.4 Å². The highest BCUT2D eigenvalue weighted by molar-refractivity contribution is 8.45. The van der Waals surface area contributed by atoms with Crippen molar-refractivity contribution in [1.29, 1.82) is 5.41 Å². The molecule has 0 aliphatic carbocycles. The van der Waals surface area contributed by atoms with Crippen molar-refractivity contribution in [2.45, 2.75) is 25.6 Å². The van der Waals surface area contributed by atoms with Crippen LogP contribution in [0.2, 0.25) is 0 Å². The van der Waals surface area contributed by atoms with Gasteiger partial charge in [0.2, 0.25) is 5.17 Å². The van der Waals surface area contributed by atoms with Gasteiger partial charge in [-0.2, -0.15) is 10.0 Å². The summed E-state index contributed by atoms with van der Waals surface area (Å²) in [5.74, 6) is 1.29. The van der Waals surface area contributed by atoms with Gasteiger partial charge in [-0.1, -0.05) is 78.5 Å². The topological polar surface area (TPSA) is 83.0 Å². The first-order chi connectivity index (χ1) is 19.6. The molecule has 0 saturated carbocycles. The number of carbonyl (C=O) groups excluding carboxylic acids is 1. The second-order valence-electron chi connectivity index (χ2n) is 9.42. The van der Waals surface area contributed by atoms with E-state index in [1.165, 1.54) is 22.3 Å². The summed E-state index contributed by atoms with van der Waals surface area (Å²) in [5, 5.41) is 16.3. The summed E-state index contributed by atoms with van der Waals surface area (Å²) < 4.78 is 8.93. The maximum absolute atomic E-state index is 13.0. The first-order valence-electron chi connectivity index (χ1n) is 13.0. The number of aromatic nitrogens is 1. The predicted molar refractivity (Wildman–Crippen MR) is 166 cm³/mol. The van der Waals surface area contributed by atoms with E-state index in [2.05, 4.69) is 32.9 Å². The van der Waals surface area contributed by atoms with Crippen LogP contribution in [0.4, 0.5) is 0 Å². The van der Waals surface area contributed by atoms with Crippen molar-refractivity contribution in [3.8, 4) is 5.75 Å². The summed E-state index contributed by atoms with van der Waals surface area (Å²) in [6.45, 7) is 3.41. The molecule has 1 N–H and O–H groups in total. The Balaban J connectivity index is 1.19. The lowest BCUT2D eigenvalue weighted by atomic mass is 10.1. The number of thioether (sulfide) groups is 2. The van der Waals surface area contributed by atoms with Crippen LogP contribution in [-0.2, 0) is 17.1 Å². The molecular formula is C31H27N5O2S2. The molecule has 6 rings (SSSR count). The summed E-state index contributed by atoms with van der Waals surface area (Å²) in [6, 6.07) is 26.3. The molecule has 9 heteroatoms. The zero-order valence-corrected chi connectivity index (χ0v) is 23.5. The number of hydrogen-bond donors (Lipinski definition) is 1. The monoisotopic (exact) mass is 565 g/mol. The van der Waals surface area contributed by atoms with Gasteiger partial charge in [0.15, 0.2) is 10.2 Å². The summed E-state index contributed by atoms with van der Waals surface area (Å²) in [7, 11) is 0. The molecule has 0 fully saturated rings. The maximum atomic E-state index is 13.0. The van der Waals surface area contributed by atoms with Gasteiger partial charge in [-0.25, -0.2) is 0 Å². The van der Waals surface area contributed by atoms with Crippen molar-refractivity contribution in [3.63, 3.8) is 0 Å². The summed E-state index contributed by atoms with van der Waals surface area (Å²) in [4.78, 5) is 17.3. The number of para-hydroxylation sites is 2. The van der Waals surface area contributed by atoms with E-state index in [4.69, 9.17) is 10.1 Å². The van der Waals surface area contributed by atoms with E-state index in [1.54, 1.807) is 17.8 Å². The van der Waals surface area contributed by atoms with E-state index < -0.39 is 5.91 Å². The molecule has 2 aliphatic rings. The minimum atomic E-state index is -0.420. The number of amides is 1. The Labute approximate surface area is 241 Å². The Bertz CT molecular complexity index is 1690. The smallest absolute Gasteiger partial charge is 0.283 e. The fourth-order valence-electron chi connectivity index (χ4n) is 4.62. The van der Waals surface area contributed by atoms with Crippen LogP contribution in [0.1, 0.15) is 23.1 Å². The van der Waals surface area contributed by atoms with Crippen LogP contribution in [0, 0.1) is 12.3 Å². The first kappa shape index (κ1) is 26.2. The predicted octanol–water partition coefficient (Wildman–Crippen LogP) is 6.93. The van der Waals surface area contributed by atoms with Crippen molar-refractivity contribution < 1.29 is 9.53 Å². The third-order valence-corrected chi connectivity index (χ3v) is 8.77. The zero-order valence-electron chi connectivity index (χ0n) is 21.9. The first-order valence-corrected chi connectivity index (χ1v) is 14.8. The molecule has 3 heterocycles. The second-order valence-corrected chi connectivity index (χ2v) is 11.6. The van der Waals surface area contributed by atoms with Gasteiger partial charge in [0, 0.05) is 35.0 Å². The van der Waals surface area contributed by atoms with Crippen LogP contribution in [0.5, 0.6) is 5.75 Å². The highest BCUT2D eigenvalue weighted by atomic mass is 32.2. The largest absolute Gasteiger partial charge is 0.493 e. The number of hydrogen-bond acceptors (Lipinski definition) is 6. The van der Waals surface area contributed by atoms with Gasteiger partial charge in [0.1, 0.15) is 5.75 Å². The zero-order chi connectivity index (χ0) is 27.5. The fourth-order valence-corrected chi connectivity index (χ4v) is 6.50. The molecular weight excluding hydrogens is 539 g/mol. The van der Waals surface area contributed by atoms with Crippen molar-refractivity contribution in [2.75, 3.05) is 6.61 Å². The Morgan fingerprint density at radius 2 is 1.80 bits per heavy atom. The van der Waals surface area contributed by atoms with Gasteiger partial charge >= 0.3 is 0 Å². The SMILES string of the molecule is Cc1ccccc1OCCCn1cc(C=C2C(=N)N3N=C(SCc4ccccc4)SC3=NC2=O)c2ccccc21. The number of nitrogens with one attached hydrogen (secondary N) is 1. The maximum Gasteiger partial charge on any atom is 0.283 e. The van der Waals surface area contributed by atoms with Crippen LogP contribution in [0.25, 0.3) is 17.0 Å². The quantitative estimate of drug-likeness (QED) is 0.185. The summed E-state index contributed by atoms with van der Waals surface area (Å²) in [5.41, 5.74) is 4.48. The van der Waals surface area contributed by atoms with Gasteiger partial charge in [0.25, 0.3) is 5.91 Å². The second kappa shape index (κ2) is 11.6. The molecule has 3 aromatic carbocycles. The number of benzene rings is 3. The van der Waals surface area contributed by atoms with Crippen molar-refractivity contribution in [3.05, 3.63) is 107 Å². The summed E-state index contributed by atoms with van der Waals surface area (Å²) in [6.07, 6.45) is 4.63. The third-order valence-electron chi connectivity index (χ3n) is 6.65. The third kappa shape index (κ3) is 5.48. The summed E-state index contributed by atoms with van der Waals surface area (Å²) >= 11 is 2.91. The number of fused-ring (bicyclic) bond motifs is 2. The Hall–Kier alpha value is -4.08. The minimum absolute atomic E-state index is 0.0428. The van der Waals surface area contributed by atoms with Crippen LogP contribution in [0.3, 0.4) is 0 Å². The molecule has 40 heavy (non-hydrogen) atoms. The number of rotatable bonds is 8. The van der Waals surface area contributed by atoms with Crippen LogP contribution in [0.15, 0.2) is 101 Å². The molecule has 1 aromatic heterocycles. The number of aryl methyl sites for hydroxylation is 2. The Kier molecular flexibility index (Phi) is 7.57. The molecule has 0 unspecified atom stereocenters. The number of nitrogens with zero attached hydrogens (tertiary/aromatic N) is 4. The lowest BCUT2D eigenvalue weighted by Gasteiger charge is -2.20. The fraction of sp³-hybridized carbons (Fsp3) is 0.161. The normalized spacial score (nSPS) is 15.9. The average Bonchev–Trinajstić information content (AvgIpc) is 3.55. The minimum Gasteiger partial charge on any atom is -0.493 e. The molecule has 0 radical (unpaired) electrons. The highest BCUT2D eigenvalue weighted by Crippen LogP contribution is 2.34. The number of aliphatic imine (C=N–C) groups is 1. The molecule has 0 saturated heterocycles. The lowest BCUT2D eigenvalue weighted by Crippen LogP contribution is -2.35. The van der Waals surface area contributed by atoms with Crippen molar-refractivity contribution in [1.82, 2.24) is 9.58 Å². The highest BCUT2D eigenvalue weighted by Gasteiger charge is 2.36. The van der Waals surface area contributed by atoms with E-state index in [-0.39, 0.29) is 11.4 Å². The van der Waals surface area contributed by atoms with E-state index >= 15 is 0 Å². The number of ether oxygens (including phenoxy) is 1. The van der Waals surface area contributed by atoms with Crippen LogP contribution in [-0.4, -0.2) is 37.5 Å². The molecule has 2 aliphatic heterocycles. The van der Waals surface area contributed by atoms with Crippen molar-refractivity contribution >= 4 is 61.8 Å². The van der Waals surface area contributed by atoms with E-state index in [1.807, 2.05) is 73.8 Å². The van der Waals surface area contributed by atoms with E-state index in [9.17, 15) is 4.79 Å². The molecule has 0 spiro atoms. The molecule has 0 atom stereocenters. The average molecular weight is 566 g/mol. The van der Waals surface area contributed by atoms with Gasteiger partial charge in [-0.3, -0.25) is 10.2 Å². The van der Waals surface area contributed by atoms with E-state index in [0.717, 1.165) is 50.9 Å². The molecule has 7 nitrogen and oxygen atoms in total. The molecule has 200 valence electrons. The van der Waals surface area contributed by atoms with Gasteiger partial charge in [-0.15, -0.1) is 5.10 Å². The Morgan fingerprint density at radius 1 is 1.02 bits per heavy atom. The van der Waals surface area contributed by atoms with Crippen LogP contribution < -0.4 is 4.74 Å². The number of carbonyl (C=O) groups is 1. The number of amidine groups is 2.